The number of carboxylic acid groups (broad SMARTS) is 1. The van der Waals surface area contributed by atoms with E-state index in [9.17, 15) is 34.5 Å². The van der Waals surface area contributed by atoms with Crippen molar-refractivity contribution < 1.29 is 58.2 Å². The molecule has 1 heterocycles. The number of carbonyl (C=O) groups excluding carboxylic acids is 3. The monoisotopic (exact) mass is 1220 g/mol. The summed E-state index contributed by atoms with van der Waals surface area (Å²) in [6, 6.07) is 0. The summed E-state index contributed by atoms with van der Waals surface area (Å²) in [5.41, 5.74) is 0. The van der Waals surface area contributed by atoms with Gasteiger partial charge in [-0.15, -0.1) is 0 Å². The van der Waals surface area contributed by atoms with E-state index in [1.54, 1.807) is 0 Å². The highest BCUT2D eigenvalue weighted by Gasteiger charge is 2.50. The van der Waals surface area contributed by atoms with Crippen molar-refractivity contribution in [3.05, 3.63) is 85.1 Å². The van der Waals surface area contributed by atoms with Crippen molar-refractivity contribution in [1.82, 2.24) is 0 Å². The summed E-state index contributed by atoms with van der Waals surface area (Å²) >= 11 is 0. The van der Waals surface area contributed by atoms with Crippen molar-refractivity contribution in [2.45, 2.75) is 353 Å². The van der Waals surface area contributed by atoms with Gasteiger partial charge in [-0.25, -0.2) is 4.79 Å². The SMILES string of the molecule is CC/C=C\C/C=C\C/C=C\C/C=C\CCCCCCCCC(=O)OCC(COC1OC(C(=O)O)C(O)C(O)C1OC(=O)CCCCCCCCCCCCCCCCCCCCC)OC(=O)CCCCCCCC/C=C\C/C=C\C/C=C\CCCCC. The molecule has 0 aromatic heterocycles. The number of hydrogen-bond donors (Lipinski definition) is 3. The van der Waals surface area contributed by atoms with Crippen molar-refractivity contribution in [3.63, 3.8) is 0 Å². The Kier molecular flexibility index (Phi) is 57.8. The molecule has 0 bridgehead atoms. The van der Waals surface area contributed by atoms with Gasteiger partial charge in [0.15, 0.2) is 24.6 Å². The average molecular weight is 1220 g/mol. The molecule has 6 atom stereocenters. The van der Waals surface area contributed by atoms with E-state index in [0.717, 1.165) is 141 Å². The number of esters is 3. The third-order valence-corrected chi connectivity index (χ3v) is 16.0. The van der Waals surface area contributed by atoms with E-state index in [4.69, 9.17) is 23.7 Å². The number of carbonyl (C=O) groups is 4. The summed E-state index contributed by atoms with van der Waals surface area (Å²) in [4.78, 5) is 51.5. The summed E-state index contributed by atoms with van der Waals surface area (Å²) in [5, 5.41) is 31.7. The molecule has 0 aromatic carbocycles. The standard InChI is InChI=1S/C75H128O12/c1-4-7-10-13-16-19-22-25-28-31-34-37-40-43-46-49-52-55-58-61-67(76)83-64-66(85-68(77)62-59-56-53-50-47-44-41-38-35-32-29-26-23-20-17-14-11-8-5-2)65-84-75-73(71(80)70(79)72(87-75)74(81)82)86-69(78)63-60-57-54-51-48-45-42-39-36-33-30-27-24-21-18-15-12-9-6-3/h7,10,16-17,19-20,25-26,28-29,34-35,37-38,66,70-73,75,79-80H,4-6,8-9,11-15,18,21-24,27,30-33,36,39-65H2,1-3H3,(H,81,82)/b10-7-,19-16-,20-17-,28-25-,29-26-,37-34-,38-35-. The molecule has 3 N–H and O–H groups in total. The van der Waals surface area contributed by atoms with Crippen LogP contribution in [0.2, 0.25) is 0 Å². The fraction of sp³-hybridized carbons (Fsp3) is 0.760. The molecule has 12 nitrogen and oxygen atoms in total. The Labute approximate surface area is 531 Å². The highest BCUT2D eigenvalue weighted by atomic mass is 16.7. The first-order valence-corrected chi connectivity index (χ1v) is 35.6. The normalized spacial score (nSPS) is 17.8. The number of aliphatic hydroxyl groups is 2. The van der Waals surface area contributed by atoms with Gasteiger partial charge >= 0.3 is 23.9 Å². The van der Waals surface area contributed by atoms with Crippen LogP contribution in [-0.2, 0) is 42.9 Å². The van der Waals surface area contributed by atoms with E-state index >= 15 is 0 Å². The van der Waals surface area contributed by atoms with Crippen LogP contribution in [0.5, 0.6) is 0 Å². The molecule has 0 spiro atoms. The second-order valence-corrected chi connectivity index (χ2v) is 24.1. The number of aliphatic carboxylic acids is 1. The Morgan fingerprint density at radius 1 is 0.391 bits per heavy atom. The van der Waals surface area contributed by atoms with Gasteiger partial charge in [-0.1, -0.05) is 286 Å². The first kappa shape index (κ1) is 80.9. The van der Waals surface area contributed by atoms with Gasteiger partial charge in [-0.05, 0) is 96.3 Å². The van der Waals surface area contributed by atoms with Gasteiger partial charge < -0.3 is 39.0 Å². The van der Waals surface area contributed by atoms with Crippen LogP contribution >= 0.6 is 0 Å². The van der Waals surface area contributed by atoms with Crippen LogP contribution in [-0.4, -0.2) is 89.2 Å². The molecule has 500 valence electrons. The van der Waals surface area contributed by atoms with E-state index in [1.165, 1.54) is 116 Å². The van der Waals surface area contributed by atoms with E-state index in [1.807, 2.05) is 0 Å². The fourth-order valence-corrected chi connectivity index (χ4v) is 10.5. The van der Waals surface area contributed by atoms with Crippen molar-refractivity contribution in [1.29, 1.82) is 0 Å². The molecule has 1 aliphatic rings. The molecule has 12 heteroatoms. The van der Waals surface area contributed by atoms with Crippen LogP contribution in [0.15, 0.2) is 85.1 Å². The van der Waals surface area contributed by atoms with Gasteiger partial charge in [-0.3, -0.25) is 14.4 Å². The van der Waals surface area contributed by atoms with E-state index in [-0.39, 0.29) is 25.9 Å². The molecule has 1 saturated heterocycles. The van der Waals surface area contributed by atoms with E-state index in [2.05, 4.69) is 106 Å². The first-order chi connectivity index (χ1) is 42.6. The topological polar surface area (TPSA) is 175 Å². The molecule has 6 unspecified atom stereocenters. The quantitative estimate of drug-likeness (QED) is 0.0228. The van der Waals surface area contributed by atoms with Crippen LogP contribution in [0.3, 0.4) is 0 Å². The van der Waals surface area contributed by atoms with Gasteiger partial charge in [-0.2, -0.15) is 0 Å². The summed E-state index contributed by atoms with van der Waals surface area (Å²) in [7, 11) is 0. The zero-order valence-corrected chi connectivity index (χ0v) is 55.5. The van der Waals surface area contributed by atoms with Gasteiger partial charge in [0.25, 0.3) is 0 Å². The minimum atomic E-state index is -1.91. The second-order valence-electron chi connectivity index (χ2n) is 24.1. The molecule has 0 amide bonds. The predicted octanol–water partition coefficient (Wildman–Crippen LogP) is 19.8. The van der Waals surface area contributed by atoms with Crippen LogP contribution in [0, 0.1) is 0 Å². The zero-order chi connectivity index (χ0) is 63.1. The summed E-state index contributed by atoms with van der Waals surface area (Å²) in [6.45, 7) is 5.89. The van der Waals surface area contributed by atoms with Gasteiger partial charge in [0, 0.05) is 19.3 Å². The van der Waals surface area contributed by atoms with Crippen LogP contribution in [0.4, 0.5) is 0 Å². The Balaban J connectivity index is 2.65. The maximum atomic E-state index is 13.3. The molecule has 1 rings (SSSR count). The molecule has 87 heavy (non-hydrogen) atoms. The molecule has 0 saturated carbocycles. The van der Waals surface area contributed by atoms with Gasteiger partial charge in [0.1, 0.15) is 18.8 Å². The van der Waals surface area contributed by atoms with Crippen molar-refractivity contribution in [3.8, 4) is 0 Å². The van der Waals surface area contributed by atoms with Gasteiger partial charge in [0.2, 0.25) is 0 Å². The Bertz CT molecular complexity index is 1830. The minimum absolute atomic E-state index is 0.0589. The third kappa shape index (κ3) is 51.4. The summed E-state index contributed by atoms with van der Waals surface area (Å²) in [6.07, 6.45) is 69.6. The van der Waals surface area contributed by atoms with Gasteiger partial charge in [0.05, 0.1) is 6.61 Å². The summed E-state index contributed by atoms with van der Waals surface area (Å²) < 4.78 is 28.6. The number of allylic oxidation sites excluding steroid dienone is 14. The lowest BCUT2D eigenvalue weighted by molar-refractivity contribution is -0.301. The largest absolute Gasteiger partial charge is 0.479 e. The second kappa shape index (κ2) is 62.1. The lowest BCUT2D eigenvalue weighted by atomic mass is 9.98. The molecule has 0 radical (unpaired) electrons. The maximum absolute atomic E-state index is 13.3. The zero-order valence-electron chi connectivity index (χ0n) is 55.5. The number of ether oxygens (including phenoxy) is 5. The van der Waals surface area contributed by atoms with Crippen LogP contribution in [0.1, 0.15) is 316 Å². The smallest absolute Gasteiger partial charge is 0.335 e. The summed E-state index contributed by atoms with van der Waals surface area (Å²) in [5.74, 6) is -3.13. The number of hydrogen-bond acceptors (Lipinski definition) is 11. The van der Waals surface area contributed by atoms with E-state index < -0.39 is 67.3 Å². The van der Waals surface area contributed by atoms with E-state index in [0.29, 0.717) is 19.3 Å². The minimum Gasteiger partial charge on any atom is -0.479 e. The third-order valence-electron chi connectivity index (χ3n) is 16.0. The molecule has 0 aliphatic carbocycles. The maximum Gasteiger partial charge on any atom is 0.335 e. The highest BCUT2D eigenvalue weighted by Crippen LogP contribution is 2.27. The van der Waals surface area contributed by atoms with Crippen LogP contribution < -0.4 is 0 Å². The molecule has 0 aromatic rings. The Morgan fingerprint density at radius 3 is 1.13 bits per heavy atom. The average Bonchev–Trinajstić information content (AvgIpc) is 2.56. The molecule has 1 fully saturated rings. The number of carboxylic acids is 1. The predicted molar refractivity (Wildman–Crippen MR) is 358 cm³/mol. The fourth-order valence-electron chi connectivity index (χ4n) is 10.5. The molecular weight excluding hydrogens is 1090 g/mol. The molecular formula is C75H128O12. The lowest BCUT2D eigenvalue weighted by Crippen LogP contribution is -2.61. The number of aliphatic hydroxyl groups excluding tert-OH is 2. The number of unbranched alkanes of at least 4 members (excludes halogenated alkanes) is 33. The molecule has 1 aliphatic heterocycles. The van der Waals surface area contributed by atoms with Crippen molar-refractivity contribution in [2.24, 2.45) is 0 Å². The Morgan fingerprint density at radius 2 is 0.724 bits per heavy atom. The highest BCUT2D eigenvalue weighted by molar-refractivity contribution is 5.74. The first-order valence-electron chi connectivity index (χ1n) is 35.6. The number of rotatable bonds is 61. The van der Waals surface area contributed by atoms with Crippen LogP contribution in [0.25, 0.3) is 0 Å². The van der Waals surface area contributed by atoms with Crippen molar-refractivity contribution in [2.75, 3.05) is 13.2 Å². The Hall–Kier alpha value is -4.10. The lowest BCUT2D eigenvalue weighted by Gasteiger charge is -2.40. The van der Waals surface area contributed by atoms with Crippen molar-refractivity contribution >= 4 is 23.9 Å².